The molecule has 1 aromatic rings. The van der Waals surface area contributed by atoms with E-state index in [0.717, 1.165) is 6.26 Å². The molecule has 8 nitrogen and oxygen atoms in total. The Morgan fingerprint density at radius 1 is 0.926 bits per heavy atom. The van der Waals surface area contributed by atoms with Crippen LogP contribution in [0, 0.1) is 5.92 Å². The molecule has 0 spiro atoms. The zero-order valence-corrected chi connectivity index (χ0v) is 17.0. The Morgan fingerprint density at radius 3 is 2.15 bits per heavy atom. The maximum Gasteiger partial charge on any atom is 0.243 e. The average Bonchev–Trinajstić information content (AvgIpc) is 2.67. The second-order valence-electron chi connectivity index (χ2n) is 7.00. The van der Waals surface area contributed by atoms with Gasteiger partial charge in [-0.1, -0.05) is 18.2 Å². The monoisotopic (exact) mass is 415 g/mol. The van der Waals surface area contributed by atoms with Crippen molar-refractivity contribution in [2.75, 3.05) is 45.5 Å². The van der Waals surface area contributed by atoms with E-state index >= 15 is 0 Å². The molecule has 2 fully saturated rings. The molecule has 0 N–H and O–H groups in total. The minimum Gasteiger partial charge on any atom is -0.340 e. The van der Waals surface area contributed by atoms with Crippen LogP contribution in [0.3, 0.4) is 0 Å². The Labute approximate surface area is 160 Å². The minimum atomic E-state index is -3.61. The molecule has 10 heteroatoms. The molecule has 2 heterocycles. The predicted octanol–water partition coefficient (Wildman–Crippen LogP) is 0.191. The van der Waals surface area contributed by atoms with Gasteiger partial charge in [0.1, 0.15) is 0 Å². The van der Waals surface area contributed by atoms with E-state index in [1.54, 1.807) is 35.2 Å². The number of amides is 1. The summed E-state index contributed by atoms with van der Waals surface area (Å²) in [6.07, 6.45) is 2.44. The zero-order valence-electron chi connectivity index (χ0n) is 15.3. The van der Waals surface area contributed by atoms with Crippen LogP contribution >= 0.6 is 0 Å². The van der Waals surface area contributed by atoms with Crippen LogP contribution < -0.4 is 0 Å². The number of carbonyl (C=O) groups excluding carboxylic acids is 1. The molecule has 2 aliphatic heterocycles. The highest BCUT2D eigenvalue weighted by Crippen LogP contribution is 2.25. The fourth-order valence-corrected chi connectivity index (χ4v) is 5.97. The second-order valence-corrected chi connectivity index (χ2v) is 10.9. The van der Waals surface area contributed by atoms with E-state index in [0.29, 0.717) is 32.5 Å². The van der Waals surface area contributed by atoms with Crippen LogP contribution in [0.25, 0.3) is 0 Å². The number of sulfonamides is 2. The van der Waals surface area contributed by atoms with Crippen LogP contribution in [0.5, 0.6) is 0 Å². The molecule has 0 saturated carbocycles. The molecule has 2 saturated heterocycles. The molecule has 3 rings (SSSR count). The largest absolute Gasteiger partial charge is 0.340 e. The molecular formula is C17H25N3O5S2. The van der Waals surface area contributed by atoms with Gasteiger partial charge >= 0.3 is 0 Å². The van der Waals surface area contributed by atoms with Crippen molar-refractivity contribution < 1.29 is 21.6 Å². The molecule has 0 bridgehead atoms. The van der Waals surface area contributed by atoms with Crippen LogP contribution in [-0.4, -0.2) is 81.8 Å². The molecule has 0 aliphatic carbocycles. The summed E-state index contributed by atoms with van der Waals surface area (Å²) >= 11 is 0. The predicted molar refractivity (Wildman–Crippen MR) is 101 cm³/mol. The number of piperazine rings is 1. The first kappa shape index (κ1) is 20.2. The standard InChI is InChI=1S/C17H25N3O5S2/c1-26(22,23)19-12-10-18(11-13-19)17(21)15-6-5-9-20(14-15)27(24,25)16-7-3-2-4-8-16/h2-4,7-8,15H,5-6,9-14H2,1H3. The molecule has 1 atom stereocenters. The number of rotatable bonds is 4. The lowest BCUT2D eigenvalue weighted by molar-refractivity contribution is -0.137. The van der Waals surface area contributed by atoms with Crippen LogP contribution in [-0.2, 0) is 24.8 Å². The third-order valence-corrected chi connectivity index (χ3v) is 8.32. The van der Waals surface area contributed by atoms with Crippen LogP contribution in [0.4, 0.5) is 0 Å². The van der Waals surface area contributed by atoms with Gasteiger partial charge in [-0.25, -0.2) is 16.8 Å². The summed E-state index contributed by atoms with van der Waals surface area (Å²) in [6, 6.07) is 8.25. The van der Waals surface area contributed by atoms with E-state index in [-0.39, 0.29) is 36.4 Å². The molecule has 1 amide bonds. The van der Waals surface area contributed by atoms with Gasteiger partial charge in [0, 0.05) is 39.3 Å². The number of carbonyl (C=O) groups is 1. The maximum absolute atomic E-state index is 12.9. The summed E-state index contributed by atoms with van der Waals surface area (Å²) in [4.78, 5) is 14.7. The first-order valence-electron chi connectivity index (χ1n) is 8.99. The van der Waals surface area contributed by atoms with E-state index in [9.17, 15) is 21.6 Å². The van der Waals surface area contributed by atoms with Crippen molar-refractivity contribution in [3.63, 3.8) is 0 Å². The Morgan fingerprint density at radius 2 is 1.56 bits per heavy atom. The molecular weight excluding hydrogens is 390 g/mol. The third kappa shape index (κ3) is 4.50. The van der Waals surface area contributed by atoms with E-state index in [1.807, 2.05) is 0 Å². The first-order valence-corrected chi connectivity index (χ1v) is 12.3. The topological polar surface area (TPSA) is 95.1 Å². The minimum absolute atomic E-state index is 0.0869. The normalized spacial score (nSPS) is 23.3. The molecule has 150 valence electrons. The highest BCUT2D eigenvalue weighted by Gasteiger charge is 2.36. The van der Waals surface area contributed by atoms with Crippen molar-refractivity contribution in [1.82, 2.24) is 13.5 Å². The van der Waals surface area contributed by atoms with Crippen LogP contribution in [0.1, 0.15) is 12.8 Å². The van der Waals surface area contributed by atoms with Gasteiger partial charge in [-0.3, -0.25) is 4.79 Å². The van der Waals surface area contributed by atoms with Crippen molar-refractivity contribution in [2.24, 2.45) is 5.92 Å². The highest BCUT2D eigenvalue weighted by atomic mass is 32.2. The lowest BCUT2D eigenvalue weighted by Crippen LogP contribution is -2.53. The number of benzene rings is 1. The average molecular weight is 416 g/mol. The Balaban J connectivity index is 1.65. The third-order valence-electron chi connectivity index (χ3n) is 5.13. The quantitative estimate of drug-likeness (QED) is 0.700. The molecule has 0 radical (unpaired) electrons. The second kappa shape index (κ2) is 7.86. The molecule has 0 aromatic heterocycles. The first-order chi connectivity index (χ1) is 12.7. The SMILES string of the molecule is CS(=O)(=O)N1CCN(C(=O)C2CCCN(S(=O)(=O)c3ccccc3)C2)CC1. The molecule has 1 aromatic carbocycles. The lowest BCUT2D eigenvalue weighted by Gasteiger charge is -2.38. The summed E-state index contributed by atoms with van der Waals surface area (Å²) < 4.78 is 51.6. The van der Waals surface area contributed by atoms with Crippen LogP contribution in [0.2, 0.25) is 0 Å². The number of hydrogen-bond acceptors (Lipinski definition) is 5. The van der Waals surface area contributed by atoms with E-state index in [2.05, 4.69) is 0 Å². The Hall–Kier alpha value is -1.49. The lowest BCUT2D eigenvalue weighted by atomic mass is 9.98. The summed E-state index contributed by atoms with van der Waals surface area (Å²) in [5, 5.41) is 0. The van der Waals surface area contributed by atoms with Crippen molar-refractivity contribution in [3.05, 3.63) is 30.3 Å². The smallest absolute Gasteiger partial charge is 0.243 e. The van der Waals surface area contributed by atoms with Gasteiger partial charge in [0.25, 0.3) is 0 Å². The van der Waals surface area contributed by atoms with Crippen LogP contribution in [0.15, 0.2) is 35.2 Å². The number of piperidine rings is 1. The van der Waals surface area contributed by atoms with Crippen molar-refractivity contribution >= 4 is 26.0 Å². The van der Waals surface area contributed by atoms with Gasteiger partial charge in [-0.05, 0) is 25.0 Å². The molecule has 1 unspecified atom stereocenters. The van der Waals surface area contributed by atoms with Gasteiger partial charge in [-0.2, -0.15) is 8.61 Å². The summed E-state index contributed by atoms with van der Waals surface area (Å²) in [5.74, 6) is -0.474. The Kier molecular flexibility index (Phi) is 5.90. The van der Waals surface area contributed by atoms with E-state index in [4.69, 9.17) is 0 Å². The summed E-state index contributed by atoms with van der Waals surface area (Å²) in [7, 11) is -6.86. The van der Waals surface area contributed by atoms with Gasteiger partial charge in [0.2, 0.25) is 26.0 Å². The van der Waals surface area contributed by atoms with Crippen molar-refractivity contribution in [3.8, 4) is 0 Å². The summed E-state index contributed by atoms with van der Waals surface area (Å²) in [6.45, 7) is 1.82. The van der Waals surface area contributed by atoms with E-state index < -0.39 is 20.0 Å². The van der Waals surface area contributed by atoms with Gasteiger partial charge < -0.3 is 4.90 Å². The van der Waals surface area contributed by atoms with Gasteiger partial charge in [0.05, 0.1) is 17.1 Å². The summed E-state index contributed by atoms with van der Waals surface area (Å²) in [5.41, 5.74) is 0. The Bertz CT molecular complexity index is 878. The number of nitrogens with zero attached hydrogens (tertiary/aromatic N) is 3. The molecule has 2 aliphatic rings. The van der Waals surface area contributed by atoms with E-state index in [1.165, 1.54) is 8.61 Å². The fraction of sp³-hybridized carbons (Fsp3) is 0.588. The van der Waals surface area contributed by atoms with Gasteiger partial charge in [-0.15, -0.1) is 0 Å². The number of hydrogen-bond donors (Lipinski definition) is 0. The zero-order chi connectivity index (χ0) is 19.7. The maximum atomic E-state index is 12.9. The van der Waals surface area contributed by atoms with Crippen molar-refractivity contribution in [1.29, 1.82) is 0 Å². The highest BCUT2D eigenvalue weighted by molar-refractivity contribution is 7.89. The molecule has 27 heavy (non-hydrogen) atoms. The van der Waals surface area contributed by atoms with Crippen molar-refractivity contribution in [2.45, 2.75) is 17.7 Å². The van der Waals surface area contributed by atoms with Gasteiger partial charge in [0.15, 0.2) is 0 Å². The fourth-order valence-electron chi connectivity index (χ4n) is 3.60.